The zero-order chi connectivity index (χ0) is 16.3. The van der Waals surface area contributed by atoms with Crippen molar-refractivity contribution in [3.8, 4) is 11.5 Å². The van der Waals surface area contributed by atoms with Crippen molar-refractivity contribution >= 4 is 5.97 Å². The maximum atomic E-state index is 13.8. The first kappa shape index (κ1) is 15.9. The topological polar surface area (TPSA) is 35.5 Å². The van der Waals surface area contributed by atoms with Gasteiger partial charge in [-0.1, -0.05) is 0 Å². The van der Waals surface area contributed by atoms with Crippen LogP contribution in [0.15, 0.2) is 42.5 Å². The Morgan fingerprint density at radius 3 is 2.23 bits per heavy atom. The highest BCUT2D eigenvalue weighted by atomic mass is 19.3. The Morgan fingerprint density at radius 2 is 1.73 bits per heavy atom. The van der Waals surface area contributed by atoms with Crippen molar-refractivity contribution < 1.29 is 27.4 Å². The summed E-state index contributed by atoms with van der Waals surface area (Å²) in [6.07, 6.45) is 0. The van der Waals surface area contributed by atoms with Crippen LogP contribution < -0.4 is 4.74 Å². The fourth-order valence-corrected chi connectivity index (χ4v) is 1.77. The standard InChI is InChI=1S/C16H13F3O3/c1-16(18,19)11-4-6-12(7-5-11)22-14-8-3-10(9-13(14)17)15(20)21-2/h3-9H,1-2H3. The Labute approximate surface area is 125 Å². The smallest absolute Gasteiger partial charge is 0.337 e. The van der Waals surface area contributed by atoms with Crippen molar-refractivity contribution in [1.82, 2.24) is 0 Å². The minimum absolute atomic E-state index is 0.0494. The summed E-state index contributed by atoms with van der Waals surface area (Å²) in [7, 11) is 1.19. The summed E-state index contributed by atoms with van der Waals surface area (Å²) < 4.78 is 49.8. The number of carbonyl (C=O) groups excluding carboxylic acids is 1. The van der Waals surface area contributed by atoms with Gasteiger partial charge in [-0.15, -0.1) is 0 Å². The van der Waals surface area contributed by atoms with Gasteiger partial charge in [-0.25, -0.2) is 18.0 Å². The maximum absolute atomic E-state index is 13.8. The molecule has 0 saturated carbocycles. The molecule has 2 aromatic carbocycles. The largest absolute Gasteiger partial charge is 0.465 e. The van der Waals surface area contributed by atoms with Crippen LogP contribution in [-0.4, -0.2) is 13.1 Å². The van der Waals surface area contributed by atoms with Crippen molar-refractivity contribution in [3.05, 3.63) is 59.4 Å². The molecule has 0 amide bonds. The van der Waals surface area contributed by atoms with Crippen LogP contribution in [0.4, 0.5) is 13.2 Å². The van der Waals surface area contributed by atoms with Gasteiger partial charge in [0.05, 0.1) is 12.7 Å². The minimum atomic E-state index is -2.95. The molecule has 0 saturated heterocycles. The lowest BCUT2D eigenvalue weighted by Gasteiger charge is -2.12. The number of hydrogen-bond donors (Lipinski definition) is 0. The quantitative estimate of drug-likeness (QED) is 0.779. The molecule has 0 radical (unpaired) electrons. The van der Waals surface area contributed by atoms with E-state index in [1.165, 1.54) is 43.5 Å². The Kier molecular flexibility index (Phi) is 4.40. The number of rotatable bonds is 4. The minimum Gasteiger partial charge on any atom is -0.465 e. The molecule has 0 aromatic heterocycles. The molecular formula is C16H13F3O3. The van der Waals surface area contributed by atoms with Gasteiger partial charge in [0.15, 0.2) is 11.6 Å². The summed E-state index contributed by atoms with van der Waals surface area (Å²) in [5, 5.41) is 0. The number of carbonyl (C=O) groups is 1. The lowest BCUT2D eigenvalue weighted by Crippen LogP contribution is -2.06. The molecule has 2 aromatic rings. The van der Waals surface area contributed by atoms with Crippen LogP contribution in [0.5, 0.6) is 11.5 Å². The average molecular weight is 310 g/mol. The van der Waals surface area contributed by atoms with Gasteiger partial charge in [0, 0.05) is 12.5 Å². The molecule has 0 unspecified atom stereocenters. The second-order valence-electron chi connectivity index (χ2n) is 4.65. The molecule has 0 spiro atoms. The normalized spacial score (nSPS) is 11.1. The molecule has 2 rings (SSSR count). The number of benzene rings is 2. The number of esters is 1. The van der Waals surface area contributed by atoms with Crippen LogP contribution in [0, 0.1) is 5.82 Å². The molecule has 0 N–H and O–H groups in total. The van der Waals surface area contributed by atoms with E-state index in [4.69, 9.17) is 4.74 Å². The lowest BCUT2D eigenvalue weighted by molar-refractivity contribution is 0.0174. The molecule has 0 heterocycles. The fourth-order valence-electron chi connectivity index (χ4n) is 1.77. The molecule has 0 aliphatic rings. The summed E-state index contributed by atoms with van der Waals surface area (Å²) in [4.78, 5) is 11.3. The van der Waals surface area contributed by atoms with Gasteiger partial charge >= 0.3 is 5.97 Å². The van der Waals surface area contributed by atoms with Gasteiger partial charge < -0.3 is 9.47 Å². The van der Waals surface area contributed by atoms with Crippen LogP contribution in [0.3, 0.4) is 0 Å². The maximum Gasteiger partial charge on any atom is 0.337 e. The van der Waals surface area contributed by atoms with Crippen molar-refractivity contribution in [2.45, 2.75) is 12.8 Å². The van der Waals surface area contributed by atoms with Gasteiger partial charge in [-0.05, 0) is 42.5 Å². The summed E-state index contributed by atoms with van der Waals surface area (Å²) in [6, 6.07) is 8.64. The Bertz CT molecular complexity index is 676. The van der Waals surface area contributed by atoms with Crippen LogP contribution in [0.1, 0.15) is 22.8 Å². The van der Waals surface area contributed by atoms with E-state index >= 15 is 0 Å². The van der Waals surface area contributed by atoms with E-state index in [2.05, 4.69) is 4.74 Å². The van der Waals surface area contributed by atoms with Gasteiger partial charge in [0.25, 0.3) is 5.92 Å². The molecule has 0 aliphatic carbocycles. The highest BCUT2D eigenvalue weighted by Gasteiger charge is 2.23. The molecular weight excluding hydrogens is 297 g/mol. The third-order valence-electron chi connectivity index (χ3n) is 2.94. The molecule has 0 aliphatic heterocycles. The second-order valence-corrected chi connectivity index (χ2v) is 4.65. The van der Waals surface area contributed by atoms with Crippen molar-refractivity contribution in [2.75, 3.05) is 7.11 Å². The van der Waals surface area contributed by atoms with Gasteiger partial charge in [-0.3, -0.25) is 0 Å². The molecule has 6 heteroatoms. The predicted octanol–water partition coefficient (Wildman–Crippen LogP) is 4.52. The Balaban J connectivity index is 2.19. The number of methoxy groups -OCH3 is 1. The Hall–Kier alpha value is -2.50. The Morgan fingerprint density at radius 1 is 1.09 bits per heavy atom. The lowest BCUT2D eigenvalue weighted by atomic mass is 10.1. The fraction of sp³-hybridized carbons (Fsp3) is 0.188. The molecule has 3 nitrogen and oxygen atoms in total. The SMILES string of the molecule is COC(=O)c1ccc(Oc2ccc(C(C)(F)F)cc2)c(F)c1. The van der Waals surface area contributed by atoms with E-state index in [1.807, 2.05) is 0 Å². The average Bonchev–Trinajstić information content (AvgIpc) is 2.48. The highest BCUT2D eigenvalue weighted by molar-refractivity contribution is 5.89. The third kappa shape index (κ3) is 3.58. The molecule has 22 heavy (non-hydrogen) atoms. The molecule has 0 atom stereocenters. The molecule has 116 valence electrons. The van der Waals surface area contributed by atoms with E-state index < -0.39 is 17.7 Å². The highest BCUT2D eigenvalue weighted by Crippen LogP contribution is 2.30. The van der Waals surface area contributed by atoms with Crippen molar-refractivity contribution in [3.63, 3.8) is 0 Å². The van der Waals surface area contributed by atoms with Crippen LogP contribution >= 0.6 is 0 Å². The first-order valence-electron chi connectivity index (χ1n) is 6.35. The third-order valence-corrected chi connectivity index (χ3v) is 2.94. The number of ether oxygens (including phenoxy) is 2. The van der Waals surface area contributed by atoms with E-state index in [9.17, 15) is 18.0 Å². The summed E-state index contributed by atoms with van der Waals surface area (Å²) in [5.74, 6) is -4.29. The van der Waals surface area contributed by atoms with Crippen LogP contribution in [-0.2, 0) is 10.7 Å². The summed E-state index contributed by atoms with van der Waals surface area (Å²) in [5.41, 5.74) is -0.116. The zero-order valence-electron chi connectivity index (χ0n) is 11.9. The van der Waals surface area contributed by atoms with Gasteiger partial charge in [-0.2, -0.15) is 0 Å². The zero-order valence-corrected chi connectivity index (χ0v) is 11.9. The van der Waals surface area contributed by atoms with E-state index in [-0.39, 0.29) is 22.6 Å². The summed E-state index contributed by atoms with van der Waals surface area (Å²) in [6.45, 7) is 0.786. The van der Waals surface area contributed by atoms with Crippen LogP contribution in [0.25, 0.3) is 0 Å². The van der Waals surface area contributed by atoms with Gasteiger partial charge in [0.1, 0.15) is 5.75 Å². The first-order chi connectivity index (χ1) is 10.3. The van der Waals surface area contributed by atoms with E-state index in [0.717, 1.165) is 13.0 Å². The van der Waals surface area contributed by atoms with Crippen LogP contribution in [0.2, 0.25) is 0 Å². The molecule has 0 fully saturated rings. The summed E-state index contributed by atoms with van der Waals surface area (Å²) >= 11 is 0. The monoisotopic (exact) mass is 310 g/mol. The van der Waals surface area contributed by atoms with Gasteiger partial charge in [0.2, 0.25) is 0 Å². The predicted molar refractivity (Wildman–Crippen MR) is 73.8 cm³/mol. The number of alkyl halides is 2. The second kappa shape index (κ2) is 6.09. The molecule has 0 bridgehead atoms. The van der Waals surface area contributed by atoms with E-state index in [0.29, 0.717) is 0 Å². The number of hydrogen-bond acceptors (Lipinski definition) is 3. The first-order valence-corrected chi connectivity index (χ1v) is 6.35. The van der Waals surface area contributed by atoms with Crippen molar-refractivity contribution in [2.24, 2.45) is 0 Å². The van der Waals surface area contributed by atoms with Crippen molar-refractivity contribution in [1.29, 1.82) is 0 Å². The number of halogens is 3. The van der Waals surface area contributed by atoms with E-state index in [1.54, 1.807) is 0 Å².